The summed E-state index contributed by atoms with van der Waals surface area (Å²) >= 11 is 0. The Morgan fingerprint density at radius 1 is 0.643 bits per heavy atom. The molecule has 0 aliphatic carbocycles. The lowest BCUT2D eigenvalue weighted by Crippen LogP contribution is -1.69. The molecule has 0 nitrogen and oxygen atoms in total. The summed E-state index contributed by atoms with van der Waals surface area (Å²) in [6.45, 7) is 4.43. The van der Waals surface area contributed by atoms with Gasteiger partial charge in [-0.2, -0.15) is 0 Å². The molecule has 0 aromatic carbocycles. The Hall–Kier alpha value is -0.780. The highest BCUT2D eigenvalue weighted by molar-refractivity contribution is 5.10. The summed E-state index contributed by atoms with van der Waals surface area (Å²) in [4.78, 5) is 0. The third-order valence-electron chi connectivity index (χ3n) is 2.04. The summed E-state index contributed by atoms with van der Waals surface area (Å²) in [6.07, 6.45) is 20.6. The second-order valence-corrected chi connectivity index (χ2v) is 3.53. The van der Waals surface area contributed by atoms with Crippen molar-refractivity contribution >= 4 is 0 Å². The summed E-state index contributed by atoms with van der Waals surface area (Å²) in [5.41, 5.74) is 0. The van der Waals surface area contributed by atoms with Crippen LogP contribution in [0, 0.1) is 0 Å². The fraction of sp³-hybridized carbons (Fsp3) is 0.571. The molecule has 0 atom stereocenters. The molecular formula is C14H24. The van der Waals surface area contributed by atoms with Gasteiger partial charge in [0.15, 0.2) is 0 Å². The monoisotopic (exact) mass is 192 g/mol. The summed E-state index contributed by atoms with van der Waals surface area (Å²) in [6, 6.07) is 0. The molecule has 0 saturated heterocycles. The standard InChI is InChI=1S/C14H24/c1-3-5-7-9-11-13-14-12-10-8-6-4-2/h7,9,11-14H,3-6,8,10H2,1-2H3/b9-7+,13-11+,14-12+. The van der Waals surface area contributed by atoms with Gasteiger partial charge in [-0.05, 0) is 19.3 Å². The molecule has 0 saturated carbocycles. The van der Waals surface area contributed by atoms with Crippen molar-refractivity contribution in [1.82, 2.24) is 0 Å². The van der Waals surface area contributed by atoms with Crippen LogP contribution in [0.3, 0.4) is 0 Å². The zero-order chi connectivity index (χ0) is 10.5. The molecule has 0 bridgehead atoms. The van der Waals surface area contributed by atoms with Crippen LogP contribution in [0.4, 0.5) is 0 Å². The number of rotatable bonds is 8. The predicted octanol–water partition coefficient (Wildman–Crippen LogP) is 5.04. The van der Waals surface area contributed by atoms with Gasteiger partial charge in [0.25, 0.3) is 0 Å². The number of unbranched alkanes of at least 4 members (excludes halogenated alkanes) is 4. The molecule has 14 heavy (non-hydrogen) atoms. The van der Waals surface area contributed by atoms with E-state index in [0.717, 1.165) is 0 Å². The van der Waals surface area contributed by atoms with Crippen LogP contribution in [0.2, 0.25) is 0 Å². The minimum Gasteiger partial charge on any atom is -0.0845 e. The summed E-state index contributed by atoms with van der Waals surface area (Å²) < 4.78 is 0. The molecule has 0 rings (SSSR count). The second-order valence-electron chi connectivity index (χ2n) is 3.53. The van der Waals surface area contributed by atoms with E-state index in [9.17, 15) is 0 Å². The first kappa shape index (κ1) is 13.2. The Balaban J connectivity index is 3.31. The first-order chi connectivity index (χ1) is 6.91. The topological polar surface area (TPSA) is 0 Å². The van der Waals surface area contributed by atoms with Crippen LogP contribution < -0.4 is 0 Å². The quantitative estimate of drug-likeness (QED) is 0.373. The van der Waals surface area contributed by atoms with E-state index in [1.165, 1.54) is 38.5 Å². The molecule has 0 aromatic heterocycles. The van der Waals surface area contributed by atoms with Crippen LogP contribution in [-0.4, -0.2) is 0 Å². The Kier molecular flexibility index (Phi) is 11.5. The van der Waals surface area contributed by atoms with Gasteiger partial charge in [-0.25, -0.2) is 0 Å². The van der Waals surface area contributed by atoms with E-state index in [-0.39, 0.29) is 0 Å². The first-order valence-corrected chi connectivity index (χ1v) is 5.90. The fourth-order valence-corrected chi connectivity index (χ4v) is 1.16. The zero-order valence-electron chi connectivity index (χ0n) is 9.71. The van der Waals surface area contributed by atoms with E-state index in [0.29, 0.717) is 0 Å². The maximum Gasteiger partial charge on any atom is -0.0348 e. The van der Waals surface area contributed by atoms with Crippen molar-refractivity contribution in [2.24, 2.45) is 0 Å². The van der Waals surface area contributed by atoms with Crippen LogP contribution in [-0.2, 0) is 0 Å². The third-order valence-corrected chi connectivity index (χ3v) is 2.04. The van der Waals surface area contributed by atoms with Crippen molar-refractivity contribution < 1.29 is 0 Å². The Morgan fingerprint density at radius 2 is 1.29 bits per heavy atom. The van der Waals surface area contributed by atoms with Gasteiger partial charge in [-0.15, -0.1) is 0 Å². The van der Waals surface area contributed by atoms with E-state index in [2.05, 4.69) is 50.3 Å². The highest BCUT2D eigenvalue weighted by atomic mass is 13.9. The minimum atomic E-state index is 1.19. The van der Waals surface area contributed by atoms with E-state index in [4.69, 9.17) is 0 Å². The predicted molar refractivity (Wildman–Crippen MR) is 66.5 cm³/mol. The lowest BCUT2D eigenvalue weighted by molar-refractivity contribution is 0.729. The van der Waals surface area contributed by atoms with Crippen molar-refractivity contribution in [1.29, 1.82) is 0 Å². The molecule has 0 N–H and O–H groups in total. The Morgan fingerprint density at radius 3 is 1.86 bits per heavy atom. The first-order valence-electron chi connectivity index (χ1n) is 5.90. The SMILES string of the molecule is CCC/C=C/C=C/C=C/CCCCC. The van der Waals surface area contributed by atoms with Gasteiger partial charge in [-0.1, -0.05) is 69.6 Å². The van der Waals surface area contributed by atoms with Crippen molar-refractivity contribution in [2.75, 3.05) is 0 Å². The molecule has 0 heteroatoms. The molecule has 0 radical (unpaired) electrons. The maximum atomic E-state index is 2.25. The molecule has 0 aliphatic rings. The lowest BCUT2D eigenvalue weighted by atomic mass is 10.2. The minimum absolute atomic E-state index is 1.19. The largest absolute Gasteiger partial charge is 0.0845 e. The lowest BCUT2D eigenvalue weighted by Gasteiger charge is -1.89. The Labute approximate surface area is 89.4 Å². The zero-order valence-corrected chi connectivity index (χ0v) is 9.71. The molecule has 80 valence electrons. The van der Waals surface area contributed by atoms with Gasteiger partial charge < -0.3 is 0 Å². The van der Waals surface area contributed by atoms with Crippen molar-refractivity contribution in [2.45, 2.75) is 52.4 Å². The molecular weight excluding hydrogens is 168 g/mol. The van der Waals surface area contributed by atoms with Crippen molar-refractivity contribution in [3.05, 3.63) is 36.5 Å². The molecule has 0 spiro atoms. The van der Waals surface area contributed by atoms with Gasteiger partial charge in [-0.3, -0.25) is 0 Å². The van der Waals surface area contributed by atoms with Gasteiger partial charge in [0.05, 0.1) is 0 Å². The number of hydrogen-bond acceptors (Lipinski definition) is 0. The normalized spacial score (nSPS) is 12.4. The van der Waals surface area contributed by atoms with E-state index < -0.39 is 0 Å². The number of allylic oxidation sites excluding steroid dienone is 6. The molecule has 0 unspecified atom stereocenters. The summed E-state index contributed by atoms with van der Waals surface area (Å²) in [5, 5.41) is 0. The van der Waals surface area contributed by atoms with Crippen LogP contribution in [0.1, 0.15) is 52.4 Å². The van der Waals surface area contributed by atoms with E-state index in [1.54, 1.807) is 0 Å². The molecule has 0 fully saturated rings. The van der Waals surface area contributed by atoms with Gasteiger partial charge >= 0.3 is 0 Å². The fourth-order valence-electron chi connectivity index (χ4n) is 1.16. The third kappa shape index (κ3) is 11.2. The van der Waals surface area contributed by atoms with Crippen LogP contribution >= 0.6 is 0 Å². The molecule has 0 aliphatic heterocycles. The van der Waals surface area contributed by atoms with Gasteiger partial charge in [0, 0.05) is 0 Å². The van der Waals surface area contributed by atoms with Crippen molar-refractivity contribution in [3.63, 3.8) is 0 Å². The average molecular weight is 192 g/mol. The van der Waals surface area contributed by atoms with Crippen LogP contribution in [0.5, 0.6) is 0 Å². The summed E-state index contributed by atoms with van der Waals surface area (Å²) in [7, 11) is 0. The van der Waals surface area contributed by atoms with Gasteiger partial charge in [0.1, 0.15) is 0 Å². The second kappa shape index (κ2) is 12.2. The maximum absolute atomic E-state index is 2.25. The highest BCUT2D eigenvalue weighted by Gasteiger charge is 1.79. The molecule has 0 aromatic rings. The van der Waals surface area contributed by atoms with Gasteiger partial charge in [0.2, 0.25) is 0 Å². The number of hydrogen-bond donors (Lipinski definition) is 0. The van der Waals surface area contributed by atoms with Crippen molar-refractivity contribution in [3.8, 4) is 0 Å². The smallest absolute Gasteiger partial charge is 0.0348 e. The Bertz CT molecular complexity index is 172. The van der Waals surface area contributed by atoms with Crippen LogP contribution in [0.25, 0.3) is 0 Å². The molecule has 0 amide bonds. The van der Waals surface area contributed by atoms with E-state index >= 15 is 0 Å². The summed E-state index contributed by atoms with van der Waals surface area (Å²) in [5.74, 6) is 0. The van der Waals surface area contributed by atoms with E-state index in [1.807, 2.05) is 0 Å². The van der Waals surface area contributed by atoms with Crippen LogP contribution in [0.15, 0.2) is 36.5 Å². The highest BCUT2D eigenvalue weighted by Crippen LogP contribution is 1.99. The average Bonchev–Trinajstić information content (AvgIpc) is 2.21. The molecule has 0 heterocycles.